The molecule has 0 spiro atoms. The Balaban J connectivity index is 2.84. The zero-order valence-corrected chi connectivity index (χ0v) is 8.72. The van der Waals surface area contributed by atoms with Crippen LogP contribution in [0.4, 0.5) is 0 Å². The summed E-state index contributed by atoms with van der Waals surface area (Å²) in [7, 11) is 0. The lowest BCUT2D eigenvalue weighted by atomic mass is 9.84. The molecule has 0 saturated carbocycles. The summed E-state index contributed by atoms with van der Waals surface area (Å²) in [6.07, 6.45) is 4.94. The van der Waals surface area contributed by atoms with E-state index in [1.165, 1.54) is 11.1 Å². The Morgan fingerprint density at radius 2 is 2.00 bits per heavy atom. The van der Waals surface area contributed by atoms with Crippen molar-refractivity contribution in [3.63, 3.8) is 0 Å². The molecule has 1 aliphatic carbocycles. The Labute approximate surface area is 79.7 Å². The first-order valence-corrected chi connectivity index (χ1v) is 4.56. The second kappa shape index (κ2) is 3.36. The van der Waals surface area contributed by atoms with Crippen molar-refractivity contribution in [1.82, 2.24) is 5.32 Å². The van der Waals surface area contributed by atoms with E-state index >= 15 is 0 Å². The molecule has 2 nitrogen and oxygen atoms in total. The SMILES string of the molecule is CC1=CC(NC=O)C=C1C(C)(C)C. The smallest absolute Gasteiger partial charge is 0.207 e. The molecule has 0 aromatic carbocycles. The molecule has 0 saturated heterocycles. The molecule has 0 radical (unpaired) electrons. The first kappa shape index (κ1) is 10.0. The van der Waals surface area contributed by atoms with E-state index in [2.05, 4.69) is 45.2 Å². The van der Waals surface area contributed by atoms with Crippen molar-refractivity contribution in [2.75, 3.05) is 0 Å². The number of hydrogen-bond acceptors (Lipinski definition) is 1. The molecule has 0 bridgehead atoms. The molecule has 72 valence electrons. The molecular weight excluding hydrogens is 162 g/mol. The fourth-order valence-corrected chi connectivity index (χ4v) is 1.73. The normalized spacial score (nSPS) is 22.3. The Hall–Kier alpha value is -1.05. The van der Waals surface area contributed by atoms with Gasteiger partial charge >= 0.3 is 0 Å². The maximum Gasteiger partial charge on any atom is 0.207 e. The number of carbonyl (C=O) groups excluding carboxylic acids is 1. The summed E-state index contributed by atoms with van der Waals surface area (Å²) in [5, 5.41) is 2.74. The number of nitrogens with one attached hydrogen (secondary N) is 1. The second-order valence-corrected chi connectivity index (χ2v) is 4.49. The van der Waals surface area contributed by atoms with Gasteiger partial charge in [-0.2, -0.15) is 0 Å². The standard InChI is InChI=1S/C11H17NO/c1-8-5-9(12-7-13)6-10(8)11(2,3)4/h5-7,9H,1-4H3,(H,12,13). The minimum Gasteiger partial charge on any atom is -0.349 e. The third kappa shape index (κ3) is 2.20. The molecule has 1 unspecified atom stereocenters. The number of rotatable bonds is 2. The van der Waals surface area contributed by atoms with Crippen LogP contribution >= 0.6 is 0 Å². The summed E-state index contributed by atoms with van der Waals surface area (Å²) in [5.41, 5.74) is 2.76. The van der Waals surface area contributed by atoms with Crippen LogP contribution in [-0.2, 0) is 4.79 Å². The fraction of sp³-hybridized carbons (Fsp3) is 0.545. The van der Waals surface area contributed by atoms with Crippen LogP contribution < -0.4 is 5.32 Å². The summed E-state index contributed by atoms with van der Waals surface area (Å²) in [6.45, 7) is 8.63. The van der Waals surface area contributed by atoms with E-state index in [0.717, 1.165) is 6.41 Å². The van der Waals surface area contributed by atoms with Crippen molar-refractivity contribution in [1.29, 1.82) is 0 Å². The van der Waals surface area contributed by atoms with E-state index in [1.54, 1.807) is 0 Å². The highest BCUT2D eigenvalue weighted by Gasteiger charge is 2.23. The van der Waals surface area contributed by atoms with Crippen molar-refractivity contribution in [3.05, 3.63) is 23.3 Å². The highest BCUT2D eigenvalue weighted by Crippen LogP contribution is 2.34. The Morgan fingerprint density at radius 1 is 1.38 bits per heavy atom. The summed E-state index contributed by atoms with van der Waals surface area (Å²) < 4.78 is 0. The van der Waals surface area contributed by atoms with E-state index in [-0.39, 0.29) is 11.5 Å². The highest BCUT2D eigenvalue weighted by molar-refractivity contribution is 5.52. The number of amides is 1. The second-order valence-electron chi connectivity index (χ2n) is 4.49. The van der Waals surface area contributed by atoms with Gasteiger partial charge in [0.1, 0.15) is 0 Å². The zero-order valence-electron chi connectivity index (χ0n) is 8.72. The Morgan fingerprint density at radius 3 is 2.38 bits per heavy atom. The van der Waals surface area contributed by atoms with Gasteiger partial charge < -0.3 is 5.32 Å². The molecule has 2 heteroatoms. The van der Waals surface area contributed by atoms with Gasteiger partial charge in [-0.3, -0.25) is 4.79 Å². The van der Waals surface area contributed by atoms with Crippen LogP contribution in [0, 0.1) is 5.41 Å². The molecule has 0 heterocycles. The molecule has 1 amide bonds. The lowest BCUT2D eigenvalue weighted by Crippen LogP contribution is -2.22. The summed E-state index contributed by atoms with van der Waals surface area (Å²) in [6, 6.07) is 0.0896. The van der Waals surface area contributed by atoms with Crippen LogP contribution in [-0.4, -0.2) is 12.5 Å². The number of carbonyl (C=O) groups is 1. The Kier molecular flexibility index (Phi) is 2.60. The van der Waals surface area contributed by atoms with Gasteiger partial charge in [0.25, 0.3) is 0 Å². The molecule has 0 aliphatic heterocycles. The maximum atomic E-state index is 10.3. The minimum absolute atomic E-state index is 0.0896. The average Bonchev–Trinajstić information content (AvgIpc) is 2.30. The van der Waals surface area contributed by atoms with Crippen LogP contribution in [0.15, 0.2) is 23.3 Å². The molecule has 1 N–H and O–H groups in total. The molecule has 1 atom stereocenters. The zero-order chi connectivity index (χ0) is 10.1. The van der Waals surface area contributed by atoms with E-state index in [0.29, 0.717) is 0 Å². The van der Waals surface area contributed by atoms with Crippen molar-refractivity contribution in [3.8, 4) is 0 Å². The predicted octanol–water partition coefficient (Wildman–Crippen LogP) is 2.03. The van der Waals surface area contributed by atoms with E-state index in [9.17, 15) is 4.79 Å². The molecule has 1 rings (SSSR count). The van der Waals surface area contributed by atoms with Gasteiger partial charge in [0.05, 0.1) is 6.04 Å². The largest absolute Gasteiger partial charge is 0.349 e. The van der Waals surface area contributed by atoms with Crippen LogP contribution in [0.25, 0.3) is 0 Å². The minimum atomic E-state index is 0.0896. The van der Waals surface area contributed by atoms with Crippen LogP contribution in [0.5, 0.6) is 0 Å². The van der Waals surface area contributed by atoms with Crippen molar-refractivity contribution in [2.24, 2.45) is 5.41 Å². The van der Waals surface area contributed by atoms with E-state index in [1.807, 2.05) is 0 Å². The quantitative estimate of drug-likeness (QED) is 0.646. The van der Waals surface area contributed by atoms with Gasteiger partial charge in [-0.15, -0.1) is 0 Å². The summed E-state index contributed by atoms with van der Waals surface area (Å²) >= 11 is 0. The van der Waals surface area contributed by atoms with Crippen LogP contribution in [0.2, 0.25) is 0 Å². The summed E-state index contributed by atoms with van der Waals surface area (Å²) in [4.78, 5) is 10.3. The lowest BCUT2D eigenvalue weighted by molar-refractivity contribution is -0.109. The third-order valence-corrected chi connectivity index (χ3v) is 2.27. The molecule has 0 aromatic rings. The van der Waals surface area contributed by atoms with Crippen LogP contribution in [0.1, 0.15) is 27.7 Å². The first-order valence-electron chi connectivity index (χ1n) is 4.56. The Bertz CT molecular complexity index is 268. The topological polar surface area (TPSA) is 29.1 Å². The summed E-state index contributed by atoms with van der Waals surface area (Å²) in [5.74, 6) is 0. The fourth-order valence-electron chi connectivity index (χ4n) is 1.73. The van der Waals surface area contributed by atoms with E-state index in [4.69, 9.17) is 0 Å². The molecule has 13 heavy (non-hydrogen) atoms. The first-order chi connectivity index (χ1) is 5.95. The number of allylic oxidation sites excluding steroid dienone is 2. The highest BCUT2D eigenvalue weighted by atomic mass is 16.1. The lowest BCUT2D eigenvalue weighted by Gasteiger charge is -2.21. The average molecular weight is 179 g/mol. The van der Waals surface area contributed by atoms with E-state index < -0.39 is 0 Å². The molecule has 0 aromatic heterocycles. The third-order valence-electron chi connectivity index (χ3n) is 2.27. The predicted molar refractivity (Wildman–Crippen MR) is 54.3 cm³/mol. The number of hydrogen-bond donors (Lipinski definition) is 1. The molecule has 0 fully saturated rings. The monoisotopic (exact) mass is 179 g/mol. The molecular formula is C11H17NO. The van der Waals surface area contributed by atoms with Gasteiger partial charge in [-0.05, 0) is 23.5 Å². The van der Waals surface area contributed by atoms with Crippen molar-refractivity contribution < 1.29 is 4.79 Å². The van der Waals surface area contributed by atoms with Gasteiger partial charge in [0.15, 0.2) is 0 Å². The van der Waals surface area contributed by atoms with Gasteiger partial charge in [0, 0.05) is 0 Å². The van der Waals surface area contributed by atoms with Gasteiger partial charge in [-0.1, -0.05) is 32.9 Å². The van der Waals surface area contributed by atoms with Gasteiger partial charge in [-0.25, -0.2) is 0 Å². The maximum absolute atomic E-state index is 10.3. The van der Waals surface area contributed by atoms with Gasteiger partial charge in [0.2, 0.25) is 6.41 Å². The van der Waals surface area contributed by atoms with Crippen LogP contribution in [0.3, 0.4) is 0 Å². The van der Waals surface area contributed by atoms with Crippen molar-refractivity contribution >= 4 is 6.41 Å². The molecule has 1 aliphatic rings. The van der Waals surface area contributed by atoms with Crippen molar-refractivity contribution in [2.45, 2.75) is 33.7 Å².